The third-order valence-electron chi connectivity index (χ3n) is 5.15. The van der Waals surface area contributed by atoms with E-state index in [1.165, 1.54) is 0 Å². The molecule has 0 unspecified atom stereocenters. The van der Waals surface area contributed by atoms with Gasteiger partial charge in [0.15, 0.2) is 0 Å². The molecule has 2 N–H and O–H groups in total. The first-order chi connectivity index (χ1) is 13.7. The van der Waals surface area contributed by atoms with E-state index in [1.54, 1.807) is 17.2 Å². The van der Waals surface area contributed by atoms with Gasteiger partial charge in [0, 0.05) is 24.3 Å². The molecule has 0 saturated carbocycles. The number of hydrogen-bond acceptors (Lipinski definition) is 5. The second-order valence-corrected chi connectivity index (χ2v) is 7.02. The van der Waals surface area contributed by atoms with Gasteiger partial charge in [0.05, 0.1) is 0 Å². The van der Waals surface area contributed by atoms with Gasteiger partial charge in [-0.05, 0) is 61.8 Å². The van der Waals surface area contributed by atoms with E-state index < -0.39 is 0 Å². The van der Waals surface area contributed by atoms with E-state index in [0.717, 1.165) is 36.7 Å². The van der Waals surface area contributed by atoms with Crippen molar-refractivity contribution in [2.45, 2.75) is 25.8 Å². The van der Waals surface area contributed by atoms with Crippen molar-refractivity contribution in [3.05, 3.63) is 60.3 Å². The summed E-state index contributed by atoms with van der Waals surface area (Å²) in [4.78, 5) is 23.8. The number of hydrogen-bond donors (Lipinski definition) is 2. The zero-order chi connectivity index (χ0) is 19.3. The minimum Gasteiger partial charge on any atom is -0.351 e. The number of carbonyl (C=O) groups is 1. The summed E-state index contributed by atoms with van der Waals surface area (Å²) in [7, 11) is 0. The van der Waals surface area contributed by atoms with E-state index in [0.29, 0.717) is 29.9 Å². The molecule has 1 amide bonds. The summed E-state index contributed by atoms with van der Waals surface area (Å²) in [6.45, 7) is 4.49. The third-order valence-corrected chi connectivity index (χ3v) is 5.15. The number of fused-ring (bicyclic) bond motifs is 1. The molecule has 0 spiro atoms. The fourth-order valence-corrected chi connectivity index (χ4v) is 3.61. The maximum atomic E-state index is 13.2. The maximum Gasteiger partial charge on any atom is 0.259 e. The number of aromatic nitrogens is 2. The van der Waals surface area contributed by atoms with Gasteiger partial charge in [0.25, 0.3) is 5.91 Å². The smallest absolute Gasteiger partial charge is 0.259 e. The lowest BCUT2D eigenvalue weighted by atomic mass is 10.1. The molecule has 3 aromatic rings. The molecule has 1 aliphatic heterocycles. The minimum atomic E-state index is -0.0558. The van der Waals surface area contributed by atoms with E-state index >= 15 is 0 Å². The van der Waals surface area contributed by atoms with Crippen LogP contribution in [0.5, 0.6) is 0 Å². The zero-order valence-electron chi connectivity index (χ0n) is 16.1. The Morgan fingerprint density at radius 1 is 1.14 bits per heavy atom. The number of nitrogens with zero attached hydrogens (tertiary/aromatic N) is 3. The second kappa shape index (κ2) is 8.35. The number of nitrogens with one attached hydrogen (secondary N) is 2. The van der Waals surface area contributed by atoms with Crippen molar-refractivity contribution in [2.75, 3.05) is 29.9 Å². The van der Waals surface area contributed by atoms with E-state index in [-0.39, 0.29) is 5.91 Å². The van der Waals surface area contributed by atoms with Crippen LogP contribution in [-0.4, -0.2) is 41.6 Å². The average Bonchev–Trinajstić information content (AvgIpc) is 2.75. The normalized spacial score (nSPS) is 14.8. The van der Waals surface area contributed by atoms with Gasteiger partial charge < -0.3 is 10.6 Å². The highest BCUT2D eigenvalue weighted by Gasteiger charge is 2.19. The van der Waals surface area contributed by atoms with Crippen molar-refractivity contribution in [2.24, 2.45) is 0 Å². The third kappa shape index (κ3) is 3.97. The molecule has 1 saturated heterocycles. The van der Waals surface area contributed by atoms with Crippen LogP contribution in [0.1, 0.15) is 30.1 Å². The van der Waals surface area contributed by atoms with Crippen LogP contribution < -0.4 is 15.5 Å². The molecule has 1 aromatic heterocycles. The number of rotatable bonds is 5. The Balaban J connectivity index is 1.56. The van der Waals surface area contributed by atoms with Crippen LogP contribution in [0.15, 0.2) is 54.7 Å². The monoisotopic (exact) mass is 375 g/mol. The lowest BCUT2D eigenvalue weighted by molar-refractivity contribution is 0.0987. The van der Waals surface area contributed by atoms with Crippen molar-refractivity contribution in [3.8, 4) is 0 Å². The van der Waals surface area contributed by atoms with Gasteiger partial charge in [-0.3, -0.25) is 9.69 Å². The lowest BCUT2D eigenvalue weighted by Crippen LogP contribution is -2.36. The van der Waals surface area contributed by atoms with Crippen LogP contribution >= 0.6 is 0 Å². The van der Waals surface area contributed by atoms with Crippen LogP contribution in [0.2, 0.25) is 0 Å². The van der Waals surface area contributed by atoms with Crippen LogP contribution in [0, 0.1) is 0 Å². The van der Waals surface area contributed by atoms with Gasteiger partial charge in [0.1, 0.15) is 5.82 Å². The SMILES string of the molecule is CCN(C(=O)c1ccc2ccccc2c1)c1ccnc(NC2CCNCC2)n1. The van der Waals surface area contributed by atoms with Crippen molar-refractivity contribution in [1.82, 2.24) is 15.3 Å². The molecule has 2 aromatic carbocycles. The van der Waals surface area contributed by atoms with Crippen LogP contribution in [0.4, 0.5) is 11.8 Å². The first-order valence-electron chi connectivity index (χ1n) is 9.85. The van der Waals surface area contributed by atoms with Crippen LogP contribution in [-0.2, 0) is 0 Å². The Kier molecular flexibility index (Phi) is 5.48. The van der Waals surface area contributed by atoms with E-state index in [9.17, 15) is 4.79 Å². The topological polar surface area (TPSA) is 70.2 Å². The maximum absolute atomic E-state index is 13.2. The van der Waals surface area contributed by atoms with Crippen LogP contribution in [0.3, 0.4) is 0 Å². The Morgan fingerprint density at radius 3 is 2.71 bits per heavy atom. The average molecular weight is 375 g/mol. The number of anilines is 2. The molecule has 0 radical (unpaired) electrons. The fourth-order valence-electron chi connectivity index (χ4n) is 3.61. The molecule has 1 aliphatic rings. The molecule has 6 heteroatoms. The van der Waals surface area contributed by atoms with Crippen molar-refractivity contribution < 1.29 is 4.79 Å². The van der Waals surface area contributed by atoms with Crippen molar-refractivity contribution >= 4 is 28.4 Å². The summed E-state index contributed by atoms with van der Waals surface area (Å²) in [5, 5.41) is 8.93. The molecule has 4 rings (SSSR count). The summed E-state index contributed by atoms with van der Waals surface area (Å²) in [5.74, 6) is 1.14. The molecule has 0 bridgehead atoms. The molecule has 0 aliphatic carbocycles. The molecule has 2 heterocycles. The van der Waals surface area contributed by atoms with Crippen molar-refractivity contribution in [3.63, 3.8) is 0 Å². The largest absolute Gasteiger partial charge is 0.351 e. The van der Waals surface area contributed by atoms with Crippen molar-refractivity contribution in [1.29, 1.82) is 0 Å². The number of benzene rings is 2. The summed E-state index contributed by atoms with van der Waals surface area (Å²) < 4.78 is 0. The molecule has 28 heavy (non-hydrogen) atoms. The fraction of sp³-hybridized carbons (Fsp3) is 0.318. The van der Waals surface area contributed by atoms with E-state index in [4.69, 9.17) is 0 Å². The van der Waals surface area contributed by atoms with E-state index in [1.807, 2.05) is 49.4 Å². The lowest BCUT2D eigenvalue weighted by Gasteiger charge is -2.25. The van der Waals surface area contributed by atoms with Gasteiger partial charge in [0.2, 0.25) is 5.95 Å². The molecule has 1 fully saturated rings. The minimum absolute atomic E-state index is 0.0558. The number of amides is 1. The van der Waals surface area contributed by atoms with Crippen LogP contribution in [0.25, 0.3) is 10.8 Å². The molecule has 6 nitrogen and oxygen atoms in total. The van der Waals surface area contributed by atoms with Gasteiger partial charge in [-0.2, -0.15) is 4.98 Å². The van der Waals surface area contributed by atoms with E-state index in [2.05, 4.69) is 20.6 Å². The Morgan fingerprint density at radius 2 is 1.93 bits per heavy atom. The molecule has 0 atom stereocenters. The Hall–Kier alpha value is -2.99. The Labute approximate surface area is 165 Å². The van der Waals surface area contributed by atoms with Gasteiger partial charge in [-0.25, -0.2) is 4.98 Å². The molecular formula is C22H25N5O. The predicted molar refractivity (Wildman–Crippen MR) is 113 cm³/mol. The number of carbonyl (C=O) groups excluding carboxylic acids is 1. The number of piperidine rings is 1. The standard InChI is InChI=1S/C22H25N5O/c1-2-27(21(28)18-8-7-16-5-3-4-6-17(16)15-18)20-11-14-24-22(26-20)25-19-9-12-23-13-10-19/h3-8,11,14-15,19,23H,2,9-10,12-13H2,1H3,(H,24,25,26). The first kappa shape index (κ1) is 18.4. The van der Waals surface area contributed by atoms with Gasteiger partial charge >= 0.3 is 0 Å². The summed E-state index contributed by atoms with van der Waals surface area (Å²) in [5.41, 5.74) is 0.659. The summed E-state index contributed by atoms with van der Waals surface area (Å²) in [6.07, 6.45) is 3.80. The second-order valence-electron chi connectivity index (χ2n) is 7.02. The predicted octanol–water partition coefficient (Wildman–Crippen LogP) is 3.46. The molecule has 144 valence electrons. The highest BCUT2D eigenvalue weighted by Crippen LogP contribution is 2.20. The molecular weight excluding hydrogens is 350 g/mol. The highest BCUT2D eigenvalue weighted by atomic mass is 16.2. The highest BCUT2D eigenvalue weighted by molar-refractivity contribution is 6.07. The zero-order valence-corrected chi connectivity index (χ0v) is 16.1. The van der Waals surface area contributed by atoms with Gasteiger partial charge in [-0.15, -0.1) is 0 Å². The summed E-state index contributed by atoms with van der Waals surface area (Å²) >= 11 is 0. The van der Waals surface area contributed by atoms with Gasteiger partial charge in [-0.1, -0.05) is 30.3 Å². The Bertz CT molecular complexity index is 968. The summed E-state index contributed by atoms with van der Waals surface area (Å²) in [6, 6.07) is 16.0. The quantitative estimate of drug-likeness (QED) is 0.715. The first-order valence-corrected chi connectivity index (χ1v) is 9.85.